The average molecular weight is 396 g/mol. The summed E-state index contributed by atoms with van der Waals surface area (Å²) >= 11 is 0. The zero-order valence-corrected chi connectivity index (χ0v) is 16.9. The number of rotatable bonds is 7. The Balaban J connectivity index is 1.20. The van der Waals surface area contributed by atoms with Crippen LogP contribution in [0.25, 0.3) is 0 Å². The highest BCUT2D eigenvalue weighted by molar-refractivity contribution is 5.94. The van der Waals surface area contributed by atoms with Crippen molar-refractivity contribution in [1.29, 1.82) is 0 Å². The topological polar surface area (TPSA) is 71.8 Å². The van der Waals surface area contributed by atoms with Gasteiger partial charge in [-0.2, -0.15) is 0 Å². The number of hydrogen-bond acceptors (Lipinski definition) is 4. The maximum Gasteiger partial charge on any atom is 0.251 e. The number of furan rings is 1. The third-order valence-electron chi connectivity index (χ3n) is 5.55. The molecular formula is C23H28N2O4. The van der Waals surface area contributed by atoms with Crippen LogP contribution in [0.1, 0.15) is 47.6 Å². The van der Waals surface area contributed by atoms with Gasteiger partial charge in [0.15, 0.2) is 0 Å². The molecule has 2 aliphatic rings. The molecule has 0 spiro atoms. The summed E-state index contributed by atoms with van der Waals surface area (Å²) in [5.74, 6) is 3.01. The number of benzene rings is 1. The number of nitrogens with zero attached hydrogens (tertiary/aromatic N) is 1. The van der Waals surface area contributed by atoms with Crippen LogP contribution in [0.3, 0.4) is 0 Å². The van der Waals surface area contributed by atoms with Crippen molar-refractivity contribution in [2.75, 3.05) is 19.6 Å². The number of hydrogen-bond donors (Lipinski definition) is 1. The van der Waals surface area contributed by atoms with Gasteiger partial charge in [-0.1, -0.05) is 0 Å². The predicted molar refractivity (Wildman–Crippen MR) is 109 cm³/mol. The predicted octanol–water partition coefficient (Wildman–Crippen LogP) is 3.34. The summed E-state index contributed by atoms with van der Waals surface area (Å²) in [7, 11) is 0. The van der Waals surface area contributed by atoms with Gasteiger partial charge in [-0.15, -0.1) is 0 Å². The number of carbonyl (C=O) groups excluding carboxylic acids is 2. The van der Waals surface area contributed by atoms with E-state index in [1.807, 2.05) is 36.1 Å². The zero-order valence-electron chi connectivity index (χ0n) is 16.9. The molecule has 0 unspecified atom stereocenters. The normalized spacial score (nSPS) is 17.2. The second-order valence-corrected chi connectivity index (χ2v) is 7.96. The number of ether oxygens (including phenoxy) is 1. The molecule has 29 heavy (non-hydrogen) atoms. The van der Waals surface area contributed by atoms with E-state index in [9.17, 15) is 9.59 Å². The monoisotopic (exact) mass is 396 g/mol. The number of nitrogens with one attached hydrogen (secondary N) is 1. The summed E-state index contributed by atoms with van der Waals surface area (Å²) in [5.41, 5.74) is 0.609. The molecule has 1 aliphatic carbocycles. The van der Waals surface area contributed by atoms with Gasteiger partial charge >= 0.3 is 0 Å². The van der Waals surface area contributed by atoms with Crippen molar-refractivity contribution in [3.05, 3.63) is 53.5 Å². The second kappa shape index (κ2) is 8.72. The molecule has 1 saturated heterocycles. The van der Waals surface area contributed by atoms with Gasteiger partial charge in [0.1, 0.15) is 23.4 Å². The van der Waals surface area contributed by atoms with E-state index in [0.29, 0.717) is 24.4 Å². The SMILES string of the molecule is Cc1ccc(CCNC(=O)c2ccc(OC3CCN(C(=O)C4CC4)CC3)cc2)o1. The number of likely N-dealkylation sites (tertiary alicyclic amines) is 1. The van der Waals surface area contributed by atoms with E-state index >= 15 is 0 Å². The van der Waals surface area contributed by atoms with Crippen LogP contribution in [0, 0.1) is 12.8 Å². The molecule has 1 aliphatic heterocycles. The standard InChI is InChI=1S/C23H28N2O4/c1-16-2-7-20(28-16)10-13-24-22(26)17-5-8-19(9-6-17)29-21-11-14-25(15-12-21)23(27)18-3-4-18/h2,5-9,18,21H,3-4,10-15H2,1H3,(H,24,26). The first-order valence-corrected chi connectivity index (χ1v) is 10.5. The Morgan fingerprint density at radius 1 is 1.07 bits per heavy atom. The third kappa shape index (κ3) is 5.19. The summed E-state index contributed by atoms with van der Waals surface area (Å²) in [4.78, 5) is 26.4. The number of carbonyl (C=O) groups is 2. The van der Waals surface area contributed by atoms with E-state index < -0.39 is 0 Å². The number of aryl methyl sites for hydroxylation is 1. The molecule has 1 aromatic carbocycles. The van der Waals surface area contributed by atoms with Crippen molar-refractivity contribution in [3.8, 4) is 5.75 Å². The Morgan fingerprint density at radius 2 is 1.79 bits per heavy atom. The minimum Gasteiger partial charge on any atom is -0.490 e. The molecule has 1 aromatic heterocycles. The lowest BCUT2D eigenvalue weighted by molar-refractivity contribution is -0.134. The van der Waals surface area contributed by atoms with E-state index in [1.165, 1.54) is 0 Å². The highest BCUT2D eigenvalue weighted by Gasteiger charge is 2.35. The van der Waals surface area contributed by atoms with Gasteiger partial charge in [0, 0.05) is 50.4 Å². The van der Waals surface area contributed by atoms with Crippen LogP contribution >= 0.6 is 0 Å². The molecule has 2 heterocycles. The molecule has 4 rings (SSSR count). The van der Waals surface area contributed by atoms with Gasteiger partial charge in [-0.05, 0) is 56.2 Å². The lowest BCUT2D eigenvalue weighted by Crippen LogP contribution is -2.42. The highest BCUT2D eigenvalue weighted by atomic mass is 16.5. The van der Waals surface area contributed by atoms with Gasteiger partial charge in [-0.3, -0.25) is 9.59 Å². The van der Waals surface area contributed by atoms with Gasteiger partial charge in [0.25, 0.3) is 5.91 Å². The molecule has 1 saturated carbocycles. The van der Waals surface area contributed by atoms with E-state index in [2.05, 4.69) is 5.32 Å². The maximum absolute atomic E-state index is 12.3. The van der Waals surface area contributed by atoms with Gasteiger partial charge in [-0.25, -0.2) is 0 Å². The van der Waals surface area contributed by atoms with Crippen molar-refractivity contribution in [2.45, 2.75) is 45.1 Å². The molecule has 6 nitrogen and oxygen atoms in total. The Labute approximate surface area is 171 Å². The molecule has 2 amide bonds. The summed E-state index contributed by atoms with van der Waals surface area (Å²) in [6.45, 7) is 3.98. The van der Waals surface area contributed by atoms with Crippen LogP contribution in [0.5, 0.6) is 5.75 Å². The summed E-state index contributed by atoms with van der Waals surface area (Å²) in [5, 5.41) is 2.91. The minimum atomic E-state index is -0.105. The lowest BCUT2D eigenvalue weighted by Gasteiger charge is -2.32. The first-order chi connectivity index (χ1) is 14.1. The second-order valence-electron chi connectivity index (χ2n) is 7.96. The summed E-state index contributed by atoms with van der Waals surface area (Å²) < 4.78 is 11.6. The Morgan fingerprint density at radius 3 is 2.41 bits per heavy atom. The summed E-state index contributed by atoms with van der Waals surface area (Å²) in [6.07, 6.45) is 4.60. The fraction of sp³-hybridized carbons (Fsp3) is 0.478. The molecule has 0 radical (unpaired) electrons. The molecule has 154 valence electrons. The molecule has 0 atom stereocenters. The van der Waals surface area contributed by atoms with E-state index in [-0.39, 0.29) is 17.9 Å². The van der Waals surface area contributed by atoms with Crippen molar-refractivity contribution >= 4 is 11.8 Å². The van der Waals surface area contributed by atoms with Gasteiger partial charge in [0.2, 0.25) is 5.91 Å². The van der Waals surface area contributed by atoms with Crippen LogP contribution < -0.4 is 10.1 Å². The smallest absolute Gasteiger partial charge is 0.251 e. The van der Waals surface area contributed by atoms with E-state index in [1.54, 1.807) is 12.1 Å². The number of amides is 2. The van der Waals surface area contributed by atoms with Crippen LogP contribution in [-0.4, -0.2) is 42.5 Å². The van der Waals surface area contributed by atoms with Crippen LogP contribution in [0.2, 0.25) is 0 Å². The maximum atomic E-state index is 12.3. The first kappa shape index (κ1) is 19.6. The van der Waals surface area contributed by atoms with E-state index in [0.717, 1.165) is 56.0 Å². The Hall–Kier alpha value is -2.76. The van der Waals surface area contributed by atoms with E-state index in [4.69, 9.17) is 9.15 Å². The highest BCUT2D eigenvalue weighted by Crippen LogP contribution is 2.32. The fourth-order valence-corrected chi connectivity index (χ4v) is 3.68. The number of piperidine rings is 1. The van der Waals surface area contributed by atoms with Crippen molar-refractivity contribution in [3.63, 3.8) is 0 Å². The molecule has 2 fully saturated rings. The van der Waals surface area contributed by atoms with Crippen molar-refractivity contribution < 1.29 is 18.7 Å². The molecule has 2 aromatic rings. The average Bonchev–Trinajstić information content (AvgIpc) is 3.50. The quantitative estimate of drug-likeness (QED) is 0.779. The molecule has 1 N–H and O–H groups in total. The Bertz CT molecular complexity index is 846. The van der Waals surface area contributed by atoms with Crippen molar-refractivity contribution in [2.24, 2.45) is 5.92 Å². The van der Waals surface area contributed by atoms with Gasteiger partial charge in [0.05, 0.1) is 0 Å². The molecular weight excluding hydrogens is 368 g/mol. The van der Waals surface area contributed by atoms with Crippen LogP contribution in [0.4, 0.5) is 0 Å². The molecule has 6 heteroatoms. The lowest BCUT2D eigenvalue weighted by atomic mass is 10.1. The minimum absolute atomic E-state index is 0.105. The van der Waals surface area contributed by atoms with Gasteiger partial charge < -0.3 is 19.4 Å². The largest absolute Gasteiger partial charge is 0.490 e. The fourth-order valence-electron chi connectivity index (χ4n) is 3.68. The molecule has 0 bridgehead atoms. The van der Waals surface area contributed by atoms with Crippen LogP contribution in [0.15, 0.2) is 40.8 Å². The van der Waals surface area contributed by atoms with Crippen LogP contribution in [-0.2, 0) is 11.2 Å². The first-order valence-electron chi connectivity index (χ1n) is 10.5. The summed E-state index contributed by atoms with van der Waals surface area (Å²) in [6, 6.07) is 11.1. The Kier molecular flexibility index (Phi) is 5.88. The third-order valence-corrected chi connectivity index (χ3v) is 5.55. The zero-order chi connectivity index (χ0) is 20.2. The van der Waals surface area contributed by atoms with Crippen molar-refractivity contribution in [1.82, 2.24) is 10.2 Å².